The van der Waals surface area contributed by atoms with Crippen LogP contribution in [0.5, 0.6) is 0 Å². The lowest BCUT2D eigenvalue weighted by Crippen LogP contribution is -2.46. The summed E-state index contributed by atoms with van der Waals surface area (Å²) >= 11 is 0. The first-order chi connectivity index (χ1) is 25.4. The summed E-state index contributed by atoms with van der Waals surface area (Å²) in [6.07, 6.45) is 37.4. The number of aliphatic hydroxyl groups is 2. The molecule has 0 aromatic heterocycles. The molecule has 0 bridgehead atoms. The van der Waals surface area contributed by atoms with E-state index in [1.807, 2.05) is 33.3 Å². The van der Waals surface area contributed by atoms with Crippen LogP contribution in [-0.2, 0) is 18.4 Å². The van der Waals surface area contributed by atoms with Crippen molar-refractivity contribution in [2.75, 3.05) is 40.9 Å². The lowest BCUT2D eigenvalue weighted by Gasteiger charge is -2.30. The van der Waals surface area contributed by atoms with E-state index < -0.39 is 32.7 Å². The van der Waals surface area contributed by atoms with Gasteiger partial charge in [-0.1, -0.05) is 166 Å². The third kappa shape index (κ3) is 37.4. The lowest BCUT2D eigenvalue weighted by molar-refractivity contribution is -0.870. The van der Waals surface area contributed by atoms with Crippen molar-refractivity contribution in [3.8, 4) is 0 Å². The number of quaternary nitrogens is 1. The summed E-state index contributed by atoms with van der Waals surface area (Å²) in [5.74, 6) is -0.321. The van der Waals surface area contributed by atoms with Crippen molar-refractivity contribution in [1.29, 1.82) is 0 Å². The molecule has 0 aliphatic carbocycles. The van der Waals surface area contributed by atoms with Crippen LogP contribution in [0.3, 0.4) is 0 Å². The van der Waals surface area contributed by atoms with Crippen LogP contribution in [0.15, 0.2) is 36.5 Å². The molecule has 4 atom stereocenters. The minimum Gasteiger partial charge on any atom is -0.756 e. The number of nitrogens with zero attached hydrogens (tertiary/aromatic N) is 1. The normalized spacial score (nSPS) is 15.4. The Hall–Kier alpha value is -1.32. The number of amides is 1. The van der Waals surface area contributed by atoms with E-state index in [-0.39, 0.29) is 18.9 Å². The van der Waals surface area contributed by atoms with Gasteiger partial charge in [0.15, 0.2) is 0 Å². The molecule has 312 valence electrons. The molecule has 0 spiro atoms. The highest BCUT2D eigenvalue weighted by Gasteiger charge is 2.24. The van der Waals surface area contributed by atoms with Crippen LogP contribution in [0.25, 0.3) is 0 Å². The second-order valence-electron chi connectivity index (χ2n) is 15.9. The average Bonchev–Trinajstić information content (AvgIpc) is 3.09. The predicted octanol–water partition coefficient (Wildman–Crippen LogP) is 9.86. The maximum Gasteiger partial charge on any atom is 0.268 e. The first kappa shape index (κ1) is 51.7. The predicted molar refractivity (Wildman–Crippen MR) is 221 cm³/mol. The summed E-state index contributed by atoms with van der Waals surface area (Å²) in [5, 5.41) is 24.1. The van der Waals surface area contributed by atoms with Gasteiger partial charge in [0.25, 0.3) is 7.82 Å². The molecule has 0 aliphatic heterocycles. The van der Waals surface area contributed by atoms with Crippen molar-refractivity contribution < 1.29 is 38.0 Å². The van der Waals surface area contributed by atoms with Crippen LogP contribution in [0.1, 0.15) is 174 Å². The number of unbranched alkanes of at least 4 members (excludes halogenated alkanes) is 18. The number of phosphoric ester groups is 1. The van der Waals surface area contributed by atoms with Gasteiger partial charge in [0.2, 0.25) is 5.91 Å². The number of rotatable bonds is 38. The van der Waals surface area contributed by atoms with E-state index in [4.69, 9.17) is 9.05 Å². The molecule has 0 rings (SSSR count). The van der Waals surface area contributed by atoms with Crippen LogP contribution in [0.2, 0.25) is 0 Å². The number of hydrogen-bond acceptors (Lipinski definition) is 7. The number of hydrogen-bond donors (Lipinski definition) is 3. The molecule has 0 aromatic carbocycles. The Balaban J connectivity index is 4.61. The zero-order valence-corrected chi connectivity index (χ0v) is 35.7. The standard InChI is InChI=1S/C43H83N2O7P/c1-6-8-10-12-14-16-18-20-22-24-26-28-30-33-40(46)34-32-36-43(48)44-41(39-52-53(49,50)51-38-37-45(3,4)5)42(47)35-31-29-27-25-23-21-19-17-15-13-11-9-7-2/h20,22,26,28,30,33,40-42,46-47H,6-19,21,23-25,27,29,31-32,34-39H2,1-5H3,(H-,44,48,49,50)/b22-20+,28-26+,33-30+/t40?,41-,42+/m0/s1. The van der Waals surface area contributed by atoms with Crippen molar-refractivity contribution >= 4 is 13.7 Å². The Bertz CT molecular complexity index is 982. The van der Waals surface area contributed by atoms with E-state index in [9.17, 15) is 24.5 Å². The third-order valence-electron chi connectivity index (χ3n) is 9.49. The quantitative estimate of drug-likeness (QED) is 0.0188. The average molecular weight is 771 g/mol. The molecule has 0 heterocycles. The second-order valence-corrected chi connectivity index (χ2v) is 17.3. The van der Waals surface area contributed by atoms with Gasteiger partial charge >= 0.3 is 0 Å². The Labute approximate surface area is 326 Å². The van der Waals surface area contributed by atoms with Crippen LogP contribution in [0.4, 0.5) is 0 Å². The number of aliphatic hydroxyl groups excluding tert-OH is 2. The van der Waals surface area contributed by atoms with E-state index in [2.05, 4.69) is 37.4 Å². The smallest absolute Gasteiger partial charge is 0.268 e. The Morgan fingerprint density at radius 2 is 1.26 bits per heavy atom. The Morgan fingerprint density at radius 1 is 0.717 bits per heavy atom. The highest BCUT2D eigenvalue weighted by molar-refractivity contribution is 7.45. The molecule has 53 heavy (non-hydrogen) atoms. The minimum absolute atomic E-state index is 0.0221. The van der Waals surface area contributed by atoms with Crippen LogP contribution >= 0.6 is 7.82 Å². The zero-order valence-electron chi connectivity index (χ0n) is 34.8. The Morgan fingerprint density at radius 3 is 1.83 bits per heavy atom. The Kier molecular flexibility index (Phi) is 34.2. The fourth-order valence-corrected chi connectivity index (χ4v) is 6.71. The van der Waals surface area contributed by atoms with E-state index in [0.717, 1.165) is 32.1 Å². The molecule has 3 N–H and O–H groups in total. The van der Waals surface area contributed by atoms with Gasteiger partial charge in [-0.2, -0.15) is 0 Å². The lowest BCUT2D eigenvalue weighted by atomic mass is 10.0. The van der Waals surface area contributed by atoms with Gasteiger partial charge in [0, 0.05) is 6.42 Å². The third-order valence-corrected chi connectivity index (χ3v) is 10.4. The number of allylic oxidation sites excluding steroid dienone is 5. The molecule has 0 saturated carbocycles. The van der Waals surface area contributed by atoms with Gasteiger partial charge in [-0.15, -0.1) is 0 Å². The van der Waals surface area contributed by atoms with Crippen molar-refractivity contribution in [3.63, 3.8) is 0 Å². The number of likely N-dealkylation sites (N-methyl/N-ethyl adjacent to an activating group) is 1. The fraction of sp³-hybridized carbons (Fsp3) is 0.837. The summed E-state index contributed by atoms with van der Waals surface area (Å²) in [4.78, 5) is 25.3. The first-order valence-corrected chi connectivity index (χ1v) is 22.9. The SMILES string of the molecule is CCCCCCCC/C=C/C/C=C/C=C/C(O)CCCC(=O)N[C@@H](COP(=O)([O-])OCC[N+](C)(C)C)[C@H](O)CCCCCCCCCCCCCCC. The van der Waals surface area contributed by atoms with E-state index in [1.54, 1.807) is 6.08 Å². The van der Waals surface area contributed by atoms with E-state index in [1.165, 1.54) is 103 Å². The molecule has 2 unspecified atom stereocenters. The highest BCUT2D eigenvalue weighted by Crippen LogP contribution is 2.38. The highest BCUT2D eigenvalue weighted by atomic mass is 31.2. The topological polar surface area (TPSA) is 128 Å². The summed E-state index contributed by atoms with van der Waals surface area (Å²) in [5.41, 5.74) is 0. The van der Waals surface area contributed by atoms with Crippen LogP contribution < -0.4 is 10.2 Å². The molecule has 0 fully saturated rings. The largest absolute Gasteiger partial charge is 0.756 e. The van der Waals surface area contributed by atoms with Crippen molar-refractivity contribution in [3.05, 3.63) is 36.5 Å². The molecule has 10 heteroatoms. The maximum atomic E-state index is 12.8. The molecule has 0 aliphatic rings. The summed E-state index contributed by atoms with van der Waals surface area (Å²) in [6, 6.07) is -0.890. The van der Waals surface area contributed by atoms with E-state index in [0.29, 0.717) is 30.3 Å². The molecule has 1 amide bonds. The monoisotopic (exact) mass is 771 g/mol. The van der Waals surface area contributed by atoms with Crippen LogP contribution in [-0.4, -0.2) is 79.8 Å². The number of carbonyl (C=O) groups is 1. The number of nitrogens with one attached hydrogen (secondary N) is 1. The molecule has 0 radical (unpaired) electrons. The van der Waals surface area contributed by atoms with Crippen molar-refractivity contribution in [2.24, 2.45) is 0 Å². The second kappa shape index (κ2) is 35.1. The van der Waals surface area contributed by atoms with Crippen molar-refractivity contribution in [2.45, 2.75) is 193 Å². The maximum absolute atomic E-state index is 12.8. The first-order valence-electron chi connectivity index (χ1n) is 21.4. The molecule has 0 saturated heterocycles. The number of phosphoric acid groups is 1. The molecule has 0 aromatic rings. The van der Waals surface area contributed by atoms with Gasteiger partial charge in [0.05, 0.1) is 46.0 Å². The van der Waals surface area contributed by atoms with Crippen molar-refractivity contribution in [1.82, 2.24) is 5.32 Å². The van der Waals surface area contributed by atoms with Gasteiger partial charge in [-0.05, 0) is 38.5 Å². The number of carbonyl (C=O) groups excluding carboxylic acids is 1. The molecule has 9 nitrogen and oxygen atoms in total. The minimum atomic E-state index is -4.61. The zero-order chi connectivity index (χ0) is 39.5. The van der Waals surface area contributed by atoms with Crippen LogP contribution in [0, 0.1) is 0 Å². The van der Waals surface area contributed by atoms with E-state index >= 15 is 0 Å². The van der Waals surface area contributed by atoms with Gasteiger partial charge in [-0.3, -0.25) is 9.36 Å². The summed E-state index contributed by atoms with van der Waals surface area (Å²) in [6.45, 7) is 4.54. The molecular formula is C43H83N2O7P. The van der Waals surface area contributed by atoms with Gasteiger partial charge in [-0.25, -0.2) is 0 Å². The summed E-state index contributed by atoms with van der Waals surface area (Å²) < 4.78 is 23.1. The molecular weight excluding hydrogens is 687 g/mol. The fourth-order valence-electron chi connectivity index (χ4n) is 5.99. The van der Waals surface area contributed by atoms with Gasteiger partial charge < -0.3 is 34.0 Å². The summed E-state index contributed by atoms with van der Waals surface area (Å²) in [7, 11) is 1.19. The van der Waals surface area contributed by atoms with Gasteiger partial charge in [0.1, 0.15) is 13.2 Å².